The molecule has 74 heavy (non-hydrogen) atoms. The lowest BCUT2D eigenvalue weighted by Crippen LogP contribution is -2.14. The summed E-state index contributed by atoms with van der Waals surface area (Å²) >= 11 is 0. The van der Waals surface area contributed by atoms with Gasteiger partial charge in [-0.05, 0) is 75.1 Å². The van der Waals surface area contributed by atoms with Gasteiger partial charge >= 0.3 is 17.9 Å². The SMILES string of the molecule is C.C.C=C(OC)OCc1ccc(/C=C/C(=O)Oc2ccc(OC(=O)/C=C/c3ccc(COC(=O)C(C)CC)c(OCCCCCC)c3OCCCCCC)cc2)c(OCCCCCC)c1OCCCCCC.C=O. The van der Waals surface area contributed by atoms with Crippen LogP contribution in [0.2, 0.25) is 0 Å². The Kier molecular flexibility index (Phi) is 38.6. The van der Waals surface area contributed by atoms with E-state index in [-0.39, 0.29) is 57.4 Å². The van der Waals surface area contributed by atoms with Crippen LogP contribution in [0.4, 0.5) is 0 Å². The molecule has 1 atom stereocenters. The van der Waals surface area contributed by atoms with E-state index in [2.05, 4.69) is 34.3 Å². The standard InChI is InChI=1S/C58H82O12.CH2O.2CH4/c1-9-14-18-22-38-63-54-46(26-28-48(42-67-45(7)62-8)56(54)65-40-24-20-16-11-3)30-36-52(59)69-50-32-34-51(35-33-50)70-53(60)37-31-47-27-29-49(43-68-58(61)44(6)13-5)57(66-41-25-21-17-12-4)55(47)64-39-23-19-15-10-2;1-2;;/h26-37,44H,7,9-25,38-43H2,1-6,8H3;1H2;2*1H4/b36-30+,37-31+;;;. The van der Waals surface area contributed by atoms with Crippen molar-refractivity contribution in [2.24, 2.45) is 5.92 Å². The van der Waals surface area contributed by atoms with Crippen LogP contribution < -0.4 is 28.4 Å². The molecule has 0 N–H and O–H groups in total. The fourth-order valence-electron chi connectivity index (χ4n) is 7.02. The minimum Gasteiger partial charge on any atom is -0.489 e. The van der Waals surface area contributed by atoms with Crippen molar-refractivity contribution < 1.29 is 61.8 Å². The zero-order chi connectivity index (χ0) is 52.8. The molecule has 0 saturated carbocycles. The summed E-state index contributed by atoms with van der Waals surface area (Å²) < 4.78 is 53.3. The number of esters is 3. The molecule has 0 spiro atoms. The molecule has 0 aromatic heterocycles. The minimum absolute atomic E-state index is 0. The Morgan fingerprint density at radius 3 is 1.19 bits per heavy atom. The molecule has 0 radical (unpaired) electrons. The van der Waals surface area contributed by atoms with E-state index in [9.17, 15) is 14.4 Å². The van der Waals surface area contributed by atoms with Gasteiger partial charge in [0.1, 0.15) is 31.5 Å². The lowest BCUT2D eigenvalue weighted by Gasteiger charge is -2.19. The number of hydrogen-bond acceptors (Lipinski definition) is 13. The number of hydrogen-bond donors (Lipinski definition) is 0. The third-order valence-corrected chi connectivity index (χ3v) is 11.5. The monoisotopic (exact) mass is 1030 g/mol. The van der Waals surface area contributed by atoms with Gasteiger partial charge in [-0.25, -0.2) is 9.59 Å². The molecule has 0 saturated heterocycles. The van der Waals surface area contributed by atoms with Crippen molar-refractivity contribution in [3.8, 4) is 34.5 Å². The predicted octanol–water partition coefficient (Wildman–Crippen LogP) is 15.6. The summed E-state index contributed by atoms with van der Waals surface area (Å²) in [5.74, 6) is 1.05. The van der Waals surface area contributed by atoms with Crippen molar-refractivity contribution in [1.82, 2.24) is 0 Å². The van der Waals surface area contributed by atoms with E-state index in [0.29, 0.717) is 72.5 Å². The summed E-state index contributed by atoms with van der Waals surface area (Å²) in [7, 11) is 1.50. The number of methoxy groups -OCH3 is 1. The maximum atomic E-state index is 13.2. The summed E-state index contributed by atoms with van der Waals surface area (Å²) in [6, 6.07) is 13.6. The van der Waals surface area contributed by atoms with E-state index in [1.54, 1.807) is 36.4 Å². The summed E-state index contributed by atoms with van der Waals surface area (Å²) in [6.07, 6.45) is 23.1. The number of carbonyl (C=O) groups excluding carboxylic acids is 4. The summed E-state index contributed by atoms with van der Waals surface area (Å²) in [5, 5.41) is 0. The predicted molar refractivity (Wildman–Crippen MR) is 298 cm³/mol. The molecule has 0 aliphatic carbocycles. The first-order valence-electron chi connectivity index (χ1n) is 26.1. The van der Waals surface area contributed by atoms with Gasteiger partial charge in [0.05, 0.1) is 39.5 Å². The summed E-state index contributed by atoms with van der Waals surface area (Å²) in [6.45, 7) is 20.3. The highest BCUT2D eigenvalue weighted by Gasteiger charge is 2.21. The van der Waals surface area contributed by atoms with Crippen molar-refractivity contribution >= 4 is 36.8 Å². The molecule has 13 nitrogen and oxygen atoms in total. The largest absolute Gasteiger partial charge is 0.489 e. The van der Waals surface area contributed by atoms with Gasteiger partial charge in [0.2, 0.25) is 0 Å². The molecule has 0 heterocycles. The quantitative estimate of drug-likeness (QED) is 0.0176. The van der Waals surface area contributed by atoms with Gasteiger partial charge < -0.3 is 47.4 Å². The van der Waals surface area contributed by atoms with Gasteiger partial charge in [0.15, 0.2) is 23.0 Å². The minimum atomic E-state index is -0.621. The van der Waals surface area contributed by atoms with Gasteiger partial charge in [-0.15, -0.1) is 0 Å². The zero-order valence-electron chi connectivity index (χ0n) is 44.5. The average molecular weight is 1030 g/mol. The Labute approximate surface area is 445 Å². The van der Waals surface area contributed by atoms with E-state index < -0.39 is 11.9 Å². The van der Waals surface area contributed by atoms with E-state index in [1.165, 1.54) is 19.3 Å². The fourth-order valence-corrected chi connectivity index (χ4v) is 7.02. The third-order valence-electron chi connectivity index (χ3n) is 11.5. The van der Waals surface area contributed by atoms with Crippen LogP contribution in [0.15, 0.2) is 73.2 Å². The molecule has 0 bridgehead atoms. The normalized spacial score (nSPS) is 11.0. The van der Waals surface area contributed by atoms with E-state index in [1.807, 2.05) is 44.9 Å². The number of ether oxygens (including phenoxy) is 9. The van der Waals surface area contributed by atoms with Crippen molar-refractivity contribution in [3.63, 3.8) is 0 Å². The van der Waals surface area contributed by atoms with E-state index in [4.69, 9.17) is 47.4 Å². The van der Waals surface area contributed by atoms with Crippen molar-refractivity contribution in [1.29, 1.82) is 0 Å². The van der Waals surface area contributed by atoms with E-state index in [0.717, 1.165) is 108 Å². The highest BCUT2D eigenvalue weighted by atomic mass is 16.7. The molecule has 3 aromatic rings. The Hall–Kier alpha value is -6.24. The number of carbonyl (C=O) groups is 4. The molecule has 0 amide bonds. The zero-order valence-corrected chi connectivity index (χ0v) is 44.5. The topological polar surface area (TPSA) is 151 Å². The lowest BCUT2D eigenvalue weighted by atomic mass is 10.1. The average Bonchev–Trinajstić information content (AvgIpc) is 3.39. The second-order valence-corrected chi connectivity index (χ2v) is 17.3. The first kappa shape index (κ1) is 67.8. The molecule has 0 aliphatic rings. The van der Waals surface area contributed by atoms with Crippen LogP contribution in [-0.2, 0) is 46.6 Å². The van der Waals surface area contributed by atoms with Crippen LogP contribution >= 0.6 is 0 Å². The molecular weight excluding hydrogens is 941 g/mol. The molecule has 414 valence electrons. The first-order valence-corrected chi connectivity index (χ1v) is 26.1. The van der Waals surface area contributed by atoms with Gasteiger partial charge in [0.25, 0.3) is 5.95 Å². The third kappa shape index (κ3) is 26.6. The van der Waals surface area contributed by atoms with Crippen LogP contribution in [0.3, 0.4) is 0 Å². The Morgan fingerprint density at radius 2 is 0.851 bits per heavy atom. The van der Waals surface area contributed by atoms with Crippen LogP contribution in [0, 0.1) is 5.92 Å². The van der Waals surface area contributed by atoms with Crippen LogP contribution in [0.5, 0.6) is 34.5 Å². The summed E-state index contributed by atoms with van der Waals surface area (Å²) in [4.78, 5) is 47.0. The van der Waals surface area contributed by atoms with Gasteiger partial charge in [-0.2, -0.15) is 0 Å². The highest BCUT2D eigenvalue weighted by molar-refractivity contribution is 5.90. The van der Waals surface area contributed by atoms with Crippen LogP contribution in [-0.4, -0.2) is 58.2 Å². The fraction of sp³-hybridized carbons (Fsp3) is 0.541. The Morgan fingerprint density at radius 1 is 0.500 bits per heavy atom. The molecule has 13 heteroatoms. The van der Waals surface area contributed by atoms with Gasteiger partial charge in [-0.1, -0.05) is 158 Å². The van der Waals surface area contributed by atoms with Crippen LogP contribution in [0.25, 0.3) is 12.2 Å². The number of unbranched alkanes of at least 4 members (excludes halogenated alkanes) is 12. The molecule has 0 fully saturated rings. The molecule has 3 rings (SSSR count). The van der Waals surface area contributed by atoms with Crippen molar-refractivity contribution in [2.75, 3.05) is 33.5 Å². The van der Waals surface area contributed by atoms with Gasteiger partial charge in [-0.3, -0.25) is 4.79 Å². The molecular formula is C61H92O13. The highest BCUT2D eigenvalue weighted by Crippen LogP contribution is 2.39. The first-order chi connectivity index (χ1) is 35.1. The van der Waals surface area contributed by atoms with E-state index >= 15 is 0 Å². The number of rotatable bonds is 38. The van der Waals surface area contributed by atoms with Crippen molar-refractivity contribution in [3.05, 3.63) is 95.5 Å². The Bertz CT molecular complexity index is 2070. The molecule has 1 unspecified atom stereocenters. The lowest BCUT2D eigenvalue weighted by molar-refractivity contribution is -0.149. The maximum Gasteiger partial charge on any atom is 0.336 e. The second-order valence-electron chi connectivity index (χ2n) is 17.3. The summed E-state index contributed by atoms with van der Waals surface area (Å²) in [5.41, 5.74) is 2.73. The Balaban J connectivity index is 0.0000132. The smallest absolute Gasteiger partial charge is 0.336 e. The second kappa shape index (κ2) is 42.2. The van der Waals surface area contributed by atoms with Crippen LogP contribution in [0.1, 0.15) is 188 Å². The molecule has 3 aromatic carbocycles. The number of benzene rings is 3. The van der Waals surface area contributed by atoms with Crippen molar-refractivity contribution in [2.45, 2.75) is 179 Å². The van der Waals surface area contributed by atoms with Gasteiger partial charge in [0, 0.05) is 34.4 Å². The molecule has 0 aliphatic heterocycles. The maximum absolute atomic E-state index is 13.2.